The first-order valence-electron chi connectivity index (χ1n) is 10.5. The van der Waals surface area contributed by atoms with Crippen molar-refractivity contribution in [2.75, 3.05) is 6.54 Å². The monoisotopic (exact) mass is 474 g/mol. The zero-order valence-corrected chi connectivity index (χ0v) is 18.4. The van der Waals surface area contributed by atoms with E-state index in [4.69, 9.17) is 4.74 Å². The van der Waals surface area contributed by atoms with Gasteiger partial charge in [-0.25, -0.2) is 8.42 Å². The minimum atomic E-state index is -4.00. The number of carboxylic acids is 1. The summed E-state index contributed by atoms with van der Waals surface area (Å²) in [6, 6.07) is 10.0. The smallest absolute Gasteiger partial charge is 0.322 e. The Labute approximate surface area is 190 Å². The van der Waals surface area contributed by atoms with Crippen molar-refractivity contribution in [3.8, 4) is 5.75 Å². The minimum absolute atomic E-state index is 0.0680. The van der Waals surface area contributed by atoms with Gasteiger partial charge in [0.25, 0.3) is 5.69 Å². The normalized spacial score (nSPS) is 20.1. The lowest BCUT2D eigenvalue weighted by atomic mass is 9.64. The molecule has 33 heavy (non-hydrogen) atoms. The van der Waals surface area contributed by atoms with Gasteiger partial charge in [0.05, 0.1) is 15.2 Å². The number of carbonyl (C=O) groups is 2. The van der Waals surface area contributed by atoms with E-state index >= 15 is 0 Å². The highest BCUT2D eigenvalue weighted by molar-refractivity contribution is 7.89. The average molecular weight is 474 g/mol. The summed E-state index contributed by atoms with van der Waals surface area (Å²) in [6.45, 7) is 0.133. The number of carboxylic acid groups (broad SMARTS) is 1. The number of nitro groups is 1. The highest BCUT2D eigenvalue weighted by atomic mass is 32.2. The molecule has 2 aliphatic rings. The van der Waals surface area contributed by atoms with E-state index in [1.165, 1.54) is 36.4 Å². The van der Waals surface area contributed by atoms with Crippen molar-refractivity contribution < 1.29 is 32.8 Å². The fourth-order valence-electron chi connectivity index (χ4n) is 4.34. The molecule has 4 rings (SSSR count). The molecule has 0 spiro atoms. The number of benzene rings is 2. The second kappa shape index (κ2) is 8.56. The maximum Gasteiger partial charge on any atom is 0.322 e. The van der Waals surface area contributed by atoms with Gasteiger partial charge in [0.1, 0.15) is 11.8 Å². The third kappa shape index (κ3) is 4.09. The van der Waals surface area contributed by atoms with E-state index in [9.17, 15) is 33.2 Å². The number of aliphatic carboxylic acids is 1. The molecule has 0 bridgehead atoms. The summed E-state index contributed by atoms with van der Waals surface area (Å²) in [5.74, 6) is -1.54. The predicted molar refractivity (Wildman–Crippen MR) is 115 cm³/mol. The first-order valence-corrected chi connectivity index (χ1v) is 11.9. The van der Waals surface area contributed by atoms with Crippen LogP contribution in [-0.4, -0.2) is 47.3 Å². The predicted octanol–water partition coefficient (Wildman–Crippen LogP) is 2.86. The Bertz CT molecular complexity index is 1190. The van der Waals surface area contributed by atoms with Crippen LogP contribution < -0.4 is 4.74 Å². The molecule has 10 nitrogen and oxygen atoms in total. The van der Waals surface area contributed by atoms with Crippen molar-refractivity contribution in [2.45, 2.75) is 48.5 Å². The van der Waals surface area contributed by atoms with Gasteiger partial charge in [-0.1, -0.05) is 18.6 Å². The lowest BCUT2D eigenvalue weighted by Crippen LogP contribution is -2.45. The maximum absolute atomic E-state index is 13.0. The molecule has 1 heterocycles. The molecule has 0 aromatic heterocycles. The lowest BCUT2D eigenvalue weighted by molar-refractivity contribution is -0.384. The Morgan fingerprint density at radius 2 is 1.70 bits per heavy atom. The number of non-ortho nitro benzene ring substituents is 1. The summed E-state index contributed by atoms with van der Waals surface area (Å²) < 4.78 is 32.2. The highest BCUT2D eigenvalue weighted by Crippen LogP contribution is 2.45. The van der Waals surface area contributed by atoms with Gasteiger partial charge < -0.3 is 9.84 Å². The summed E-state index contributed by atoms with van der Waals surface area (Å²) in [6.07, 6.45) is 2.62. The number of sulfonamides is 1. The Kier molecular flexibility index (Phi) is 5.93. The van der Waals surface area contributed by atoms with Gasteiger partial charge in [0.2, 0.25) is 10.0 Å². The Morgan fingerprint density at radius 1 is 1.06 bits per heavy atom. The molecular formula is C22H22N2O8S. The number of esters is 1. The minimum Gasteiger partial charge on any atom is -0.480 e. The standard InChI is InChI=1S/C22H22N2O8S/c25-20(26)19-3-1-14-23(19)33(30,31)18-10-8-17(9-11-18)32-21(27)22(12-2-13-22)15-4-6-16(7-5-15)24(28)29/h4-11,19H,1-3,12-14H2,(H,25,26)/t19-/m1/s1. The van der Waals surface area contributed by atoms with Crippen LogP contribution in [-0.2, 0) is 25.0 Å². The van der Waals surface area contributed by atoms with Crippen LogP contribution in [0.1, 0.15) is 37.7 Å². The molecule has 11 heteroatoms. The highest BCUT2D eigenvalue weighted by Gasteiger charge is 2.47. The van der Waals surface area contributed by atoms with Crippen LogP contribution in [0, 0.1) is 10.1 Å². The van der Waals surface area contributed by atoms with E-state index in [1.54, 1.807) is 12.1 Å². The van der Waals surface area contributed by atoms with Gasteiger partial charge in [-0.15, -0.1) is 0 Å². The average Bonchev–Trinajstić information content (AvgIpc) is 3.25. The molecule has 1 N–H and O–H groups in total. The van der Waals surface area contributed by atoms with Gasteiger partial charge in [-0.3, -0.25) is 19.7 Å². The van der Waals surface area contributed by atoms with Crippen molar-refractivity contribution in [2.24, 2.45) is 0 Å². The number of nitro benzene ring substituents is 1. The zero-order valence-electron chi connectivity index (χ0n) is 17.5. The Balaban J connectivity index is 1.51. The molecule has 1 saturated heterocycles. The second-order valence-electron chi connectivity index (χ2n) is 8.21. The van der Waals surface area contributed by atoms with Crippen molar-refractivity contribution in [3.63, 3.8) is 0 Å². The van der Waals surface area contributed by atoms with Crippen LogP contribution in [0.2, 0.25) is 0 Å². The first kappa shape index (κ1) is 22.9. The topological polar surface area (TPSA) is 144 Å². The number of ether oxygens (including phenoxy) is 1. The maximum atomic E-state index is 13.0. The van der Waals surface area contributed by atoms with E-state index in [-0.39, 0.29) is 29.3 Å². The van der Waals surface area contributed by atoms with Gasteiger partial charge in [-0.2, -0.15) is 4.31 Å². The lowest BCUT2D eigenvalue weighted by Gasteiger charge is -2.39. The molecule has 1 saturated carbocycles. The molecule has 2 fully saturated rings. The first-order chi connectivity index (χ1) is 15.6. The number of nitrogens with zero attached hydrogens (tertiary/aromatic N) is 2. The summed E-state index contributed by atoms with van der Waals surface area (Å²) in [7, 11) is -4.00. The molecule has 2 aromatic rings. The number of rotatable bonds is 7. The van der Waals surface area contributed by atoms with E-state index in [2.05, 4.69) is 0 Å². The second-order valence-corrected chi connectivity index (χ2v) is 10.1. The van der Waals surface area contributed by atoms with E-state index in [0.717, 1.165) is 10.7 Å². The Hall–Kier alpha value is -3.31. The largest absolute Gasteiger partial charge is 0.480 e. The van der Waals surface area contributed by atoms with Crippen LogP contribution in [0.4, 0.5) is 5.69 Å². The number of carbonyl (C=O) groups excluding carboxylic acids is 1. The van der Waals surface area contributed by atoms with Crippen LogP contribution in [0.15, 0.2) is 53.4 Å². The molecule has 0 amide bonds. The zero-order chi connectivity index (χ0) is 23.8. The SMILES string of the molecule is O=C(O)[C@H]1CCCN1S(=O)(=O)c1ccc(OC(=O)C2(c3ccc([N+](=O)[O-])cc3)CCC2)cc1. The van der Waals surface area contributed by atoms with Crippen molar-refractivity contribution in [1.29, 1.82) is 0 Å². The molecule has 174 valence electrons. The van der Waals surface area contributed by atoms with Crippen molar-refractivity contribution >= 4 is 27.6 Å². The summed E-state index contributed by atoms with van der Waals surface area (Å²) >= 11 is 0. The quantitative estimate of drug-likeness (QED) is 0.279. The van der Waals surface area contributed by atoms with Crippen LogP contribution in [0.5, 0.6) is 5.75 Å². The molecular weight excluding hydrogens is 452 g/mol. The van der Waals surface area contributed by atoms with Crippen LogP contribution >= 0.6 is 0 Å². The van der Waals surface area contributed by atoms with E-state index < -0.39 is 38.3 Å². The Morgan fingerprint density at radius 3 is 2.21 bits per heavy atom. The molecule has 2 aromatic carbocycles. The van der Waals surface area contributed by atoms with Gasteiger partial charge in [0, 0.05) is 18.7 Å². The molecule has 1 aliphatic heterocycles. The van der Waals surface area contributed by atoms with Gasteiger partial charge >= 0.3 is 11.9 Å². The van der Waals surface area contributed by atoms with E-state index in [1.807, 2.05) is 0 Å². The molecule has 1 aliphatic carbocycles. The molecule has 0 unspecified atom stereocenters. The van der Waals surface area contributed by atoms with Gasteiger partial charge in [0.15, 0.2) is 0 Å². The van der Waals surface area contributed by atoms with Crippen molar-refractivity contribution in [3.05, 3.63) is 64.2 Å². The fourth-order valence-corrected chi connectivity index (χ4v) is 5.99. The third-order valence-electron chi connectivity index (χ3n) is 6.36. The summed E-state index contributed by atoms with van der Waals surface area (Å²) in [5.41, 5.74) is -0.330. The van der Waals surface area contributed by atoms with Gasteiger partial charge in [-0.05, 0) is 55.5 Å². The fraction of sp³-hybridized carbons (Fsp3) is 0.364. The summed E-state index contributed by atoms with van der Waals surface area (Å²) in [4.78, 5) is 34.7. The molecule has 1 atom stereocenters. The third-order valence-corrected chi connectivity index (χ3v) is 8.28. The van der Waals surface area contributed by atoms with Crippen molar-refractivity contribution in [1.82, 2.24) is 4.31 Å². The van der Waals surface area contributed by atoms with E-state index in [0.29, 0.717) is 24.8 Å². The number of hydrogen-bond acceptors (Lipinski definition) is 7. The summed E-state index contributed by atoms with van der Waals surface area (Å²) in [5, 5.41) is 20.2. The van der Waals surface area contributed by atoms with Crippen LogP contribution in [0.25, 0.3) is 0 Å². The van der Waals surface area contributed by atoms with Crippen LogP contribution in [0.3, 0.4) is 0 Å². The number of hydrogen-bond donors (Lipinski definition) is 1. The molecule has 0 radical (unpaired) electrons.